The maximum Gasteiger partial charge on any atom is 0.277 e. The topological polar surface area (TPSA) is 38.8 Å². The van der Waals surface area contributed by atoms with Crippen molar-refractivity contribution in [3.05, 3.63) is 28.2 Å². The molecule has 0 aliphatic rings. The lowest BCUT2D eigenvalue weighted by atomic mass is 10.2. The summed E-state index contributed by atoms with van der Waals surface area (Å²) in [7, 11) is 4.57. The van der Waals surface area contributed by atoms with Crippen molar-refractivity contribution in [3.63, 3.8) is 0 Å². The summed E-state index contributed by atoms with van der Waals surface area (Å²) in [4.78, 5) is 16.5. The number of hydrogen-bond donors (Lipinski definition) is 0. The minimum Gasteiger partial charge on any atom is -0.496 e. The van der Waals surface area contributed by atoms with Crippen molar-refractivity contribution in [1.82, 2.24) is 5.06 Å². The van der Waals surface area contributed by atoms with Gasteiger partial charge in [0, 0.05) is 12.6 Å². The van der Waals surface area contributed by atoms with Gasteiger partial charge in [-0.15, -0.1) is 0 Å². The maximum atomic E-state index is 11.7. The molecule has 0 saturated heterocycles. The summed E-state index contributed by atoms with van der Waals surface area (Å²) in [6, 6.07) is 5.10. The molecule has 1 aromatic carbocycles. The molecule has 0 bridgehead atoms. The van der Waals surface area contributed by atoms with Crippen LogP contribution in [0, 0.1) is 0 Å². The minimum atomic E-state index is -0.208. The molecule has 0 aliphatic carbocycles. The van der Waals surface area contributed by atoms with E-state index in [9.17, 15) is 4.79 Å². The number of rotatable bonds is 3. The second-order valence-electron chi connectivity index (χ2n) is 2.83. The van der Waals surface area contributed by atoms with Crippen molar-refractivity contribution >= 4 is 21.8 Å². The van der Waals surface area contributed by atoms with Gasteiger partial charge in [-0.2, -0.15) is 0 Å². The summed E-state index contributed by atoms with van der Waals surface area (Å²) in [6.07, 6.45) is 0. The van der Waals surface area contributed by atoms with E-state index < -0.39 is 0 Å². The van der Waals surface area contributed by atoms with Gasteiger partial charge in [-0.05, 0) is 34.1 Å². The molecule has 1 amide bonds. The SMILES string of the molecule is COc1ccc(C(=O)N(C)OC)cc1Br. The first-order valence-corrected chi connectivity index (χ1v) is 5.05. The summed E-state index contributed by atoms with van der Waals surface area (Å²) in [6.45, 7) is 0. The van der Waals surface area contributed by atoms with Crippen LogP contribution in [-0.4, -0.2) is 32.2 Å². The van der Waals surface area contributed by atoms with Crippen molar-refractivity contribution in [2.24, 2.45) is 0 Å². The van der Waals surface area contributed by atoms with Crippen LogP contribution in [0.15, 0.2) is 22.7 Å². The lowest BCUT2D eigenvalue weighted by Crippen LogP contribution is -2.25. The second kappa shape index (κ2) is 5.14. The van der Waals surface area contributed by atoms with Crippen LogP contribution in [0.4, 0.5) is 0 Å². The zero-order valence-electron chi connectivity index (χ0n) is 8.78. The number of carbonyl (C=O) groups is 1. The van der Waals surface area contributed by atoms with Crippen molar-refractivity contribution in [2.75, 3.05) is 21.3 Å². The molecule has 0 aromatic heterocycles. The van der Waals surface area contributed by atoms with E-state index in [4.69, 9.17) is 9.57 Å². The Balaban J connectivity index is 2.97. The smallest absolute Gasteiger partial charge is 0.277 e. The standard InChI is InChI=1S/C10H12BrNO3/c1-12(15-3)10(13)7-4-5-9(14-2)8(11)6-7/h4-6H,1-3H3. The highest BCUT2D eigenvalue weighted by Gasteiger charge is 2.12. The molecular weight excluding hydrogens is 262 g/mol. The van der Waals surface area contributed by atoms with Crippen molar-refractivity contribution in [1.29, 1.82) is 0 Å². The van der Waals surface area contributed by atoms with E-state index in [0.29, 0.717) is 11.3 Å². The van der Waals surface area contributed by atoms with E-state index in [1.165, 1.54) is 7.11 Å². The monoisotopic (exact) mass is 273 g/mol. The van der Waals surface area contributed by atoms with Crippen LogP contribution >= 0.6 is 15.9 Å². The van der Waals surface area contributed by atoms with Gasteiger partial charge in [-0.25, -0.2) is 5.06 Å². The lowest BCUT2D eigenvalue weighted by molar-refractivity contribution is -0.0757. The van der Waals surface area contributed by atoms with Crippen LogP contribution in [0.5, 0.6) is 5.75 Å². The quantitative estimate of drug-likeness (QED) is 0.792. The summed E-state index contributed by atoms with van der Waals surface area (Å²) in [5.41, 5.74) is 0.534. The number of benzene rings is 1. The first kappa shape index (κ1) is 12.0. The Morgan fingerprint density at radius 3 is 2.53 bits per heavy atom. The third kappa shape index (κ3) is 2.70. The Morgan fingerprint density at radius 2 is 2.07 bits per heavy atom. The largest absolute Gasteiger partial charge is 0.496 e. The van der Waals surface area contributed by atoms with E-state index in [0.717, 1.165) is 9.54 Å². The molecule has 4 nitrogen and oxygen atoms in total. The van der Waals surface area contributed by atoms with Gasteiger partial charge in [0.05, 0.1) is 18.7 Å². The van der Waals surface area contributed by atoms with Crippen molar-refractivity contribution in [3.8, 4) is 5.75 Å². The fraction of sp³-hybridized carbons (Fsp3) is 0.300. The molecule has 0 unspecified atom stereocenters. The predicted octanol–water partition coefficient (Wildman–Crippen LogP) is 2.09. The first-order chi connectivity index (χ1) is 7.10. The molecule has 5 heteroatoms. The Kier molecular flexibility index (Phi) is 4.11. The summed E-state index contributed by atoms with van der Waals surface area (Å²) in [5.74, 6) is 0.479. The Hall–Kier alpha value is -1.07. The highest BCUT2D eigenvalue weighted by Crippen LogP contribution is 2.25. The maximum absolute atomic E-state index is 11.7. The van der Waals surface area contributed by atoms with Crippen LogP contribution in [0.2, 0.25) is 0 Å². The van der Waals surface area contributed by atoms with Crippen molar-refractivity contribution < 1.29 is 14.4 Å². The highest BCUT2D eigenvalue weighted by atomic mass is 79.9. The number of hydrogen-bond acceptors (Lipinski definition) is 3. The predicted molar refractivity (Wildman–Crippen MR) is 59.8 cm³/mol. The Morgan fingerprint density at radius 1 is 1.40 bits per heavy atom. The highest BCUT2D eigenvalue weighted by molar-refractivity contribution is 9.10. The Labute approximate surface area is 96.9 Å². The van der Waals surface area contributed by atoms with Crippen LogP contribution in [0.1, 0.15) is 10.4 Å². The molecule has 1 aromatic rings. The van der Waals surface area contributed by atoms with Gasteiger partial charge in [0.15, 0.2) is 0 Å². The lowest BCUT2D eigenvalue weighted by Gasteiger charge is -2.14. The zero-order chi connectivity index (χ0) is 11.4. The van der Waals surface area contributed by atoms with Gasteiger partial charge in [-0.1, -0.05) is 0 Å². The summed E-state index contributed by atoms with van der Waals surface area (Å²) in [5, 5.41) is 1.16. The Bertz CT molecular complexity index is 368. The average Bonchev–Trinajstić information content (AvgIpc) is 2.26. The van der Waals surface area contributed by atoms with Crippen LogP contribution in [-0.2, 0) is 4.84 Å². The summed E-state index contributed by atoms with van der Waals surface area (Å²) >= 11 is 3.31. The number of amides is 1. The molecule has 0 N–H and O–H groups in total. The number of ether oxygens (including phenoxy) is 1. The molecule has 1 rings (SSSR count). The average molecular weight is 274 g/mol. The number of hydroxylamine groups is 2. The van der Waals surface area contributed by atoms with E-state index in [2.05, 4.69) is 15.9 Å². The van der Waals surface area contributed by atoms with Gasteiger partial charge in [0.2, 0.25) is 0 Å². The van der Waals surface area contributed by atoms with Gasteiger partial charge in [0.1, 0.15) is 5.75 Å². The number of nitrogens with zero attached hydrogens (tertiary/aromatic N) is 1. The molecule has 0 spiro atoms. The van der Waals surface area contributed by atoms with E-state index >= 15 is 0 Å². The van der Waals surface area contributed by atoms with Gasteiger partial charge in [-0.3, -0.25) is 9.63 Å². The molecule has 82 valence electrons. The van der Waals surface area contributed by atoms with Gasteiger partial charge in [0.25, 0.3) is 5.91 Å². The van der Waals surface area contributed by atoms with Crippen LogP contribution in [0.25, 0.3) is 0 Å². The minimum absolute atomic E-state index is 0.208. The van der Waals surface area contributed by atoms with E-state index in [1.54, 1.807) is 32.4 Å². The third-order valence-corrected chi connectivity index (χ3v) is 2.58. The molecule has 0 radical (unpaired) electrons. The molecule has 0 heterocycles. The molecular formula is C10H12BrNO3. The fourth-order valence-electron chi connectivity index (χ4n) is 1.06. The normalized spacial score (nSPS) is 9.87. The van der Waals surface area contributed by atoms with Crippen molar-refractivity contribution in [2.45, 2.75) is 0 Å². The second-order valence-corrected chi connectivity index (χ2v) is 3.69. The van der Waals surface area contributed by atoms with Gasteiger partial charge < -0.3 is 4.74 Å². The zero-order valence-corrected chi connectivity index (χ0v) is 10.4. The van der Waals surface area contributed by atoms with Gasteiger partial charge >= 0.3 is 0 Å². The number of halogens is 1. The molecule has 15 heavy (non-hydrogen) atoms. The molecule has 0 atom stereocenters. The van der Waals surface area contributed by atoms with E-state index in [1.807, 2.05) is 0 Å². The first-order valence-electron chi connectivity index (χ1n) is 4.26. The molecule has 0 aliphatic heterocycles. The van der Waals surface area contributed by atoms with Crippen LogP contribution in [0.3, 0.4) is 0 Å². The van der Waals surface area contributed by atoms with E-state index in [-0.39, 0.29) is 5.91 Å². The molecule has 0 saturated carbocycles. The molecule has 0 fully saturated rings. The number of carbonyl (C=O) groups excluding carboxylic acids is 1. The fourth-order valence-corrected chi connectivity index (χ4v) is 1.60. The van der Waals surface area contributed by atoms with Crippen LogP contribution < -0.4 is 4.74 Å². The third-order valence-electron chi connectivity index (χ3n) is 1.96. The number of methoxy groups -OCH3 is 1. The summed E-state index contributed by atoms with van der Waals surface area (Å²) < 4.78 is 5.80.